The van der Waals surface area contributed by atoms with Crippen molar-refractivity contribution in [2.45, 2.75) is 11.3 Å². The Morgan fingerprint density at radius 1 is 1.00 bits per heavy atom. The molecule has 0 saturated carbocycles. The molecule has 0 bridgehead atoms. The molecule has 0 heterocycles. The summed E-state index contributed by atoms with van der Waals surface area (Å²) in [5.74, 6) is -1.92. The summed E-state index contributed by atoms with van der Waals surface area (Å²) >= 11 is 0. The second-order valence-electron chi connectivity index (χ2n) is 7.01. The van der Waals surface area contributed by atoms with E-state index in [4.69, 9.17) is 10.00 Å². The van der Waals surface area contributed by atoms with Gasteiger partial charge in [-0.3, -0.25) is 9.52 Å². The number of amides is 1. The van der Waals surface area contributed by atoms with Crippen LogP contribution in [0.1, 0.15) is 16.8 Å². The van der Waals surface area contributed by atoms with Crippen LogP contribution in [-0.4, -0.2) is 33.4 Å². The lowest BCUT2D eigenvalue weighted by Gasteiger charge is -2.21. The van der Waals surface area contributed by atoms with Gasteiger partial charge in [-0.25, -0.2) is 17.6 Å². The van der Waals surface area contributed by atoms with E-state index in [0.717, 1.165) is 0 Å². The molecule has 3 aromatic carbocycles. The van der Waals surface area contributed by atoms with Crippen molar-refractivity contribution in [1.29, 1.82) is 5.26 Å². The van der Waals surface area contributed by atoms with Crippen molar-refractivity contribution in [3.63, 3.8) is 0 Å². The zero-order valence-electron chi connectivity index (χ0n) is 17.8. The highest BCUT2D eigenvalue weighted by molar-refractivity contribution is 7.92. The van der Waals surface area contributed by atoms with Gasteiger partial charge >= 0.3 is 5.97 Å². The van der Waals surface area contributed by atoms with Gasteiger partial charge in [-0.2, -0.15) is 5.26 Å². The summed E-state index contributed by atoms with van der Waals surface area (Å²) in [6.07, 6.45) is 0.0284. The first-order chi connectivity index (χ1) is 16.3. The van der Waals surface area contributed by atoms with Crippen LogP contribution >= 0.6 is 0 Å². The lowest BCUT2D eigenvalue weighted by Crippen LogP contribution is -2.35. The van der Waals surface area contributed by atoms with Crippen molar-refractivity contribution >= 4 is 33.3 Å². The minimum absolute atomic E-state index is 0.0284. The molecule has 0 aliphatic heterocycles. The Bertz CT molecular complexity index is 1310. The predicted molar refractivity (Wildman–Crippen MR) is 123 cm³/mol. The van der Waals surface area contributed by atoms with E-state index in [2.05, 4.69) is 4.72 Å². The zero-order valence-corrected chi connectivity index (χ0v) is 18.7. The maximum Gasteiger partial charge on any atom is 0.338 e. The summed E-state index contributed by atoms with van der Waals surface area (Å²) in [4.78, 5) is 26.4. The maximum absolute atomic E-state index is 13.2. The van der Waals surface area contributed by atoms with E-state index in [1.807, 2.05) is 6.07 Å². The first-order valence-corrected chi connectivity index (χ1v) is 11.6. The number of nitrogens with one attached hydrogen (secondary N) is 1. The Balaban J connectivity index is 1.67. The number of nitrogens with zero attached hydrogens (tertiary/aromatic N) is 2. The average Bonchev–Trinajstić information content (AvgIpc) is 2.84. The molecule has 0 radical (unpaired) electrons. The highest BCUT2D eigenvalue weighted by Crippen LogP contribution is 2.19. The molecular formula is C24H20FN3O5S. The maximum atomic E-state index is 13.2. The second kappa shape index (κ2) is 11.1. The molecule has 1 amide bonds. The number of ether oxygens (including phenoxy) is 1. The Hall–Kier alpha value is -4.23. The van der Waals surface area contributed by atoms with Crippen LogP contribution in [0, 0.1) is 17.1 Å². The van der Waals surface area contributed by atoms with Crippen LogP contribution < -0.4 is 9.62 Å². The van der Waals surface area contributed by atoms with Crippen molar-refractivity contribution in [1.82, 2.24) is 0 Å². The van der Waals surface area contributed by atoms with Crippen LogP contribution in [0.5, 0.6) is 0 Å². The molecule has 1 N–H and O–H groups in total. The van der Waals surface area contributed by atoms with Crippen LogP contribution in [0.25, 0.3) is 0 Å². The fourth-order valence-corrected chi connectivity index (χ4v) is 4.06. The van der Waals surface area contributed by atoms with Gasteiger partial charge in [0.15, 0.2) is 6.61 Å². The SMILES string of the molecule is N#CCCN(C(=O)COC(=O)c1cccc(NS(=O)(=O)c2ccccc2)c1)c1ccc(F)cc1. The molecule has 0 aliphatic rings. The highest BCUT2D eigenvalue weighted by Gasteiger charge is 2.19. The number of rotatable bonds is 9. The Morgan fingerprint density at radius 3 is 2.38 bits per heavy atom. The molecule has 0 aliphatic carbocycles. The Kier molecular flexibility index (Phi) is 7.95. The third-order valence-corrected chi connectivity index (χ3v) is 6.01. The molecule has 0 aromatic heterocycles. The third-order valence-electron chi connectivity index (χ3n) is 4.62. The smallest absolute Gasteiger partial charge is 0.338 e. The van der Waals surface area contributed by atoms with Crippen LogP contribution in [0.3, 0.4) is 0 Å². The lowest BCUT2D eigenvalue weighted by atomic mass is 10.2. The summed E-state index contributed by atoms with van der Waals surface area (Å²) in [6.45, 7) is -0.586. The van der Waals surface area contributed by atoms with Crippen molar-refractivity contribution in [3.05, 3.63) is 90.2 Å². The standard InChI is InChI=1S/C24H20FN3O5S/c25-19-10-12-21(13-11-19)28(15-5-14-26)23(29)17-33-24(30)18-6-4-7-20(16-18)27-34(31,32)22-8-2-1-3-9-22/h1-4,6-13,16,27H,5,15,17H2. The van der Waals surface area contributed by atoms with E-state index < -0.39 is 34.3 Å². The van der Waals surface area contributed by atoms with Gasteiger partial charge in [0.25, 0.3) is 15.9 Å². The molecule has 3 rings (SSSR count). The summed E-state index contributed by atoms with van der Waals surface area (Å²) in [5.41, 5.74) is 0.535. The number of anilines is 2. The number of carbonyl (C=O) groups excluding carboxylic acids is 2. The first-order valence-electron chi connectivity index (χ1n) is 10.1. The molecule has 34 heavy (non-hydrogen) atoms. The van der Waals surface area contributed by atoms with E-state index in [0.29, 0.717) is 5.69 Å². The number of benzene rings is 3. The molecule has 0 spiro atoms. The molecule has 0 fully saturated rings. The van der Waals surface area contributed by atoms with Crippen molar-refractivity contribution in [2.75, 3.05) is 22.8 Å². The van der Waals surface area contributed by atoms with Crippen LogP contribution in [-0.2, 0) is 19.6 Å². The lowest BCUT2D eigenvalue weighted by molar-refractivity contribution is -0.121. The molecule has 8 nitrogen and oxygen atoms in total. The van der Waals surface area contributed by atoms with Crippen LogP contribution in [0.2, 0.25) is 0 Å². The third kappa shape index (κ3) is 6.40. The number of hydrogen-bond acceptors (Lipinski definition) is 6. The molecule has 174 valence electrons. The summed E-state index contributed by atoms with van der Waals surface area (Å²) in [6, 6.07) is 20.4. The average molecular weight is 482 g/mol. The van der Waals surface area contributed by atoms with E-state index in [1.165, 1.54) is 65.6 Å². The van der Waals surface area contributed by atoms with E-state index >= 15 is 0 Å². The molecule has 0 unspecified atom stereocenters. The van der Waals surface area contributed by atoms with E-state index in [1.54, 1.807) is 18.2 Å². The number of hydrogen-bond donors (Lipinski definition) is 1. The Morgan fingerprint density at radius 2 is 1.71 bits per heavy atom. The van der Waals surface area contributed by atoms with Gasteiger partial charge in [0.1, 0.15) is 5.82 Å². The fourth-order valence-electron chi connectivity index (χ4n) is 2.99. The van der Waals surface area contributed by atoms with Crippen molar-refractivity contribution < 1.29 is 27.1 Å². The molecule has 0 atom stereocenters. The molecule has 10 heteroatoms. The largest absolute Gasteiger partial charge is 0.452 e. The topological polar surface area (TPSA) is 117 Å². The number of esters is 1. The zero-order chi connectivity index (χ0) is 24.6. The van der Waals surface area contributed by atoms with Gasteiger partial charge in [-0.15, -0.1) is 0 Å². The van der Waals surface area contributed by atoms with Gasteiger partial charge in [0.05, 0.1) is 22.9 Å². The fraction of sp³-hybridized carbons (Fsp3) is 0.125. The minimum atomic E-state index is -3.85. The van der Waals surface area contributed by atoms with Gasteiger partial charge in [0, 0.05) is 17.9 Å². The number of nitriles is 1. The summed E-state index contributed by atoms with van der Waals surface area (Å²) < 4.78 is 45.7. The number of halogens is 1. The summed E-state index contributed by atoms with van der Waals surface area (Å²) in [5, 5.41) is 8.85. The summed E-state index contributed by atoms with van der Waals surface area (Å²) in [7, 11) is -3.85. The Labute approximate surface area is 196 Å². The monoisotopic (exact) mass is 481 g/mol. The van der Waals surface area contributed by atoms with E-state index in [-0.39, 0.29) is 29.1 Å². The first kappa shape index (κ1) is 24.4. The predicted octanol–water partition coefficient (Wildman–Crippen LogP) is 3.73. The van der Waals surface area contributed by atoms with E-state index in [9.17, 15) is 22.4 Å². The minimum Gasteiger partial charge on any atom is -0.452 e. The van der Waals surface area contributed by atoms with Gasteiger partial charge in [0.2, 0.25) is 0 Å². The van der Waals surface area contributed by atoms with Crippen LogP contribution in [0.4, 0.5) is 15.8 Å². The number of sulfonamides is 1. The second-order valence-corrected chi connectivity index (χ2v) is 8.69. The van der Waals surface area contributed by atoms with Gasteiger partial charge < -0.3 is 9.64 Å². The van der Waals surface area contributed by atoms with Crippen molar-refractivity contribution in [2.24, 2.45) is 0 Å². The normalized spacial score (nSPS) is 10.7. The highest BCUT2D eigenvalue weighted by atomic mass is 32.2. The molecule has 0 saturated heterocycles. The van der Waals surface area contributed by atoms with Crippen LogP contribution in [0.15, 0.2) is 83.8 Å². The number of carbonyl (C=O) groups is 2. The quantitative estimate of drug-likeness (QED) is 0.466. The van der Waals surface area contributed by atoms with Crippen molar-refractivity contribution in [3.8, 4) is 6.07 Å². The van der Waals surface area contributed by atoms with Gasteiger partial charge in [-0.1, -0.05) is 24.3 Å². The van der Waals surface area contributed by atoms with Gasteiger partial charge in [-0.05, 0) is 54.6 Å². The molecular weight excluding hydrogens is 461 g/mol. The molecule has 3 aromatic rings.